The number of benzene rings is 1. The van der Waals surface area contributed by atoms with Crippen LogP contribution in [0.4, 0.5) is 5.69 Å². The van der Waals surface area contributed by atoms with Crippen LogP contribution < -0.4 is 10.6 Å². The molecule has 4 heteroatoms. The molecule has 1 rings (SSSR count). The van der Waals surface area contributed by atoms with Gasteiger partial charge in [0.15, 0.2) is 0 Å². The van der Waals surface area contributed by atoms with Crippen molar-refractivity contribution in [3.63, 3.8) is 0 Å². The first-order valence-corrected chi connectivity index (χ1v) is 6.71. The molecule has 1 amide bonds. The molecule has 0 bridgehead atoms. The Bertz CT molecular complexity index is 349. The normalized spacial score (nSPS) is 10.6. The van der Waals surface area contributed by atoms with Gasteiger partial charge in [-0.1, -0.05) is 13.8 Å². The number of hydrogen-bond donors (Lipinski definition) is 2. The van der Waals surface area contributed by atoms with Gasteiger partial charge in [-0.25, -0.2) is 0 Å². The number of anilines is 1. The largest absolute Gasteiger partial charge is 0.326 e. The van der Waals surface area contributed by atoms with Crippen molar-refractivity contribution in [3.05, 3.63) is 24.3 Å². The van der Waals surface area contributed by atoms with Crippen LogP contribution in [-0.4, -0.2) is 24.7 Å². The van der Waals surface area contributed by atoms with Crippen molar-refractivity contribution in [2.24, 2.45) is 0 Å². The minimum absolute atomic E-state index is 0.0450. The van der Waals surface area contributed by atoms with Gasteiger partial charge in [0.05, 0.1) is 0 Å². The van der Waals surface area contributed by atoms with Crippen LogP contribution in [0.15, 0.2) is 29.2 Å². The van der Waals surface area contributed by atoms with E-state index in [1.165, 1.54) is 4.90 Å². The smallest absolute Gasteiger partial charge is 0.225 e. The van der Waals surface area contributed by atoms with Crippen molar-refractivity contribution in [1.82, 2.24) is 5.32 Å². The first kappa shape index (κ1) is 14.1. The Balaban J connectivity index is 2.47. The molecule has 0 atom stereocenters. The zero-order valence-electron chi connectivity index (χ0n) is 10.6. The first-order valence-electron chi connectivity index (χ1n) is 5.83. The lowest BCUT2D eigenvalue weighted by molar-refractivity contribution is -0.116. The number of carbonyl (C=O) groups is 1. The molecule has 1 aromatic rings. The summed E-state index contributed by atoms with van der Waals surface area (Å²) in [5.74, 6) is 0.0450. The molecule has 0 saturated carbocycles. The number of nitrogens with one attached hydrogen (secondary N) is 2. The van der Waals surface area contributed by atoms with E-state index in [0.717, 1.165) is 5.69 Å². The van der Waals surface area contributed by atoms with E-state index in [4.69, 9.17) is 0 Å². The maximum absolute atomic E-state index is 11.5. The van der Waals surface area contributed by atoms with Crippen molar-refractivity contribution >= 4 is 23.4 Å². The summed E-state index contributed by atoms with van der Waals surface area (Å²) in [5, 5.41) is 6.40. The zero-order chi connectivity index (χ0) is 12.7. The molecule has 0 fully saturated rings. The molecular weight excluding hydrogens is 232 g/mol. The monoisotopic (exact) mass is 252 g/mol. The average molecular weight is 252 g/mol. The summed E-state index contributed by atoms with van der Waals surface area (Å²) in [6.45, 7) is 5.03. The lowest BCUT2D eigenvalue weighted by atomic mass is 10.3. The predicted molar refractivity (Wildman–Crippen MR) is 74.6 cm³/mol. The van der Waals surface area contributed by atoms with Gasteiger partial charge in [-0.15, -0.1) is 11.8 Å². The number of amides is 1. The Hall–Kier alpha value is -1.00. The van der Waals surface area contributed by atoms with Gasteiger partial charge in [-0.05, 0) is 31.3 Å². The van der Waals surface area contributed by atoms with Crippen molar-refractivity contribution in [2.45, 2.75) is 30.4 Å². The van der Waals surface area contributed by atoms with E-state index in [9.17, 15) is 4.79 Å². The second-order valence-corrected chi connectivity index (χ2v) is 5.74. The highest BCUT2D eigenvalue weighted by molar-refractivity contribution is 7.99. The van der Waals surface area contributed by atoms with E-state index in [1.54, 1.807) is 0 Å². The quantitative estimate of drug-likeness (QED) is 0.765. The van der Waals surface area contributed by atoms with Crippen molar-refractivity contribution in [3.8, 4) is 0 Å². The second-order valence-electron chi connectivity index (χ2n) is 4.09. The average Bonchev–Trinajstić information content (AvgIpc) is 2.28. The van der Waals surface area contributed by atoms with E-state index in [2.05, 4.69) is 24.5 Å². The standard InChI is InChI=1S/C13H20N2OS/c1-10(2)17-12-6-4-11(5-7-12)15-13(16)8-9-14-3/h4-7,10,14H,8-9H2,1-3H3,(H,15,16). The van der Waals surface area contributed by atoms with Crippen LogP contribution in [0, 0.1) is 0 Å². The number of rotatable bonds is 6. The molecule has 3 nitrogen and oxygen atoms in total. The van der Waals surface area contributed by atoms with Crippen LogP contribution in [0.3, 0.4) is 0 Å². The van der Waals surface area contributed by atoms with Gasteiger partial charge in [0.2, 0.25) is 5.91 Å². The molecule has 0 aliphatic carbocycles. The number of thioether (sulfide) groups is 1. The van der Waals surface area contributed by atoms with Crippen LogP contribution in [0.25, 0.3) is 0 Å². The minimum atomic E-state index is 0.0450. The summed E-state index contributed by atoms with van der Waals surface area (Å²) >= 11 is 1.82. The van der Waals surface area contributed by atoms with E-state index in [-0.39, 0.29) is 5.91 Å². The topological polar surface area (TPSA) is 41.1 Å². The summed E-state index contributed by atoms with van der Waals surface area (Å²) in [6.07, 6.45) is 0.499. The Labute approximate surface area is 107 Å². The molecular formula is C13H20N2OS. The maximum Gasteiger partial charge on any atom is 0.225 e. The molecule has 0 aromatic heterocycles. The molecule has 0 aliphatic heterocycles. The van der Waals surface area contributed by atoms with E-state index in [1.807, 2.05) is 43.1 Å². The fraction of sp³-hybridized carbons (Fsp3) is 0.462. The second kappa shape index (κ2) is 7.35. The van der Waals surface area contributed by atoms with E-state index >= 15 is 0 Å². The Morgan fingerprint density at radius 2 is 1.94 bits per heavy atom. The molecule has 0 aliphatic rings. The van der Waals surface area contributed by atoms with Gasteiger partial charge in [-0.2, -0.15) is 0 Å². The third-order valence-electron chi connectivity index (χ3n) is 2.11. The molecule has 0 radical (unpaired) electrons. The summed E-state index contributed by atoms with van der Waals surface area (Å²) < 4.78 is 0. The third kappa shape index (κ3) is 5.75. The molecule has 0 saturated heterocycles. The van der Waals surface area contributed by atoms with E-state index in [0.29, 0.717) is 18.2 Å². The molecule has 0 heterocycles. The molecule has 94 valence electrons. The van der Waals surface area contributed by atoms with Gasteiger partial charge >= 0.3 is 0 Å². The fourth-order valence-corrected chi connectivity index (χ4v) is 2.19. The molecule has 0 spiro atoms. The van der Waals surface area contributed by atoms with Crippen molar-refractivity contribution in [2.75, 3.05) is 18.9 Å². The van der Waals surface area contributed by atoms with Crippen molar-refractivity contribution < 1.29 is 4.79 Å². The SMILES string of the molecule is CNCCC(=O)Nc1ccc(SC(C)C)cc1. The lowest BCUT2D eigenvalue weighted by Gasteiger charge is -2.07. The zero-order valence-corrected chi connectivity index (χ0v) is 11.4. The van der Waals surface area contributed by atoms with Crippen LogP contribution in [-0.2, 0) is 4.79 Å². The first-order chi connectivity index (χ1) is 8.11. The van der Waals surface area contributed by atoms with Gasteiger partial charge in [0.1, 0.15) is 0 Å². The van der Waals surface area contributed by atoms with Gasteiger partial charge < -0.3 is 10.6 Å². The highest BCUT2D eigenvalue weighted by atomic mass is 32.2. The summed E-state index contributed by atoms with van der Waals surface area (Å²) in [5.41, 5.74) is 0.860. The lowest BCUT2D eigenvalue weighted by Crippen LogP contribution is -2.18. The summed E-state index contributed by atoms with van der Waals surface area (Å²) in [7, 11) is 1.84. The van der Waals surface area contributed by atoms with Crippen LogP contribution in [0.5, 0.6) is 0 Å². The Morgan fingerprint density at radius 3 is 2.47 bits per heavy atom. The van der Waals surface area contributed by atoms with E-state index < -0.39 is 0 Å². The molecule has 17 heavy (non-hydrogen) atoms. The number of carbonyl (C=O) groups excluding carboxylic acids is 1. The Morgan fingerprint density at radius 1 is 1.29 bits per heavy atom. The van der Waals surface area contributed by atoms with Crippen LogP contribution in [0.2, 0.25) is 0 Å². The molecule has 2 N–H and O–H groups in total. The number of hydrogen-bond acceptors (Lipinski definition) is 3. The van der Waals surface area contributed by atoms with Gasteiger partial charge in [0, 0.05) is 28.8 Å². The van der Waals surface area contributed by atoms with Gasteiger partial charge in [-0.3, -0.25) is 4.79 Å². The maximum atomic E-state index is 11.5. The summed E-state index contributed by atoms with van der Waals surface area (Å²) in [6, 6.07) is 7.97. The predicted octanol–water partition coefficient (Wildman–Crippen LogP) is 2.74. The molecule has 1 aromatic carbocycles. The van der Waals surface area contributed by atoms with Crippen LogP contribution in [0.1, 0.15) is 20.3 Å². The minimum Gasteiger partial charge on any atom is -0.326 e. The highest BCUT2D eigenvalue weighted by Gasteiger charge is 2.02. The van der Waals surface area contributed by atoms with Crippen LogP contribution >= 0.6 is 11.8 Å². The Kier molecular flexibility index (Phi) is 6.08. The third-order valence-corrected chi connectivity index (χ3v) is 3.13. The van der Waals surface area contributed by atoms with Gasteiger partial charge in [0.25, 0.3) is 0 Å². The summed E-state index contributed by atoms with van der Waals surface area (Å²) in [4.78, 5) is 12.7. The molecule has 0 unspecified atom stereocenters. The fourth-order valence-electron chi connectivity index (χ4n) is 1.35. The van der Waals surface area contributed by atoms with Crippen molar-refractivity contribution in [1.29, 1.82) is 0 Å². The highest BCUT2D eigenvalue weighted by Crippen LogP contribution is 2.24.